The Morgan fingerprint density at radius 2 is 1.82 bits per heavy atom. The van der Waals surface area contributed by atoms with Crippen molar-refractivity contribution in [3.63, 3.8) is 0 Å². The fraction of sp³-hybridized carbons (Fsp3) is 0.360. The summed E-state index contributed by atoms with van der Waals surface area (Å²) in [6, 6.07) is 13.2. The highest BCUT2D eigenvalue weighted by molar-refractivity contribution is 7.91. The second kappa shape index (κ2) is 8.61. The zero-order valence-electron chi connectivity index (χ0n) is 18.8. The van der Waals surface area contributed by atoms with Crippen LogP contribution in [0.15, 0.2) is 57.7 Å². The number of hydrogen-bond acceptors (Lipinski definition) is 5. The summed E-state index contributed by atoms with van der Waals surface area (Å²) in [4.78, 5) is 27.6. The number of carbonyl (C=O) groups is 1. The van der Waals surface area contributed by atoms with Crippen LogP contribution in [0.2, 0.25) is 5.02 Å². The van der Waals surface area contributed by atoms with Gasteiger partial charge >= 0.3 is 0 Å². The Balaban J connectivity index is 1.70. The number of fused-ring (bicyclic) bond motifs is 1. The second-order valence-corrected chi connectivity index (χ2v) is 12.2. The Labute approximate surface area is 198 Å². The number of amides is 1. The van der Waals surface area contributed by atoms with E-state index >= 15 is 0 Å². The molecule has 0 saturated carbocycles. The van der Waals surface area contributed by atoms with E-state index in [9.17, 15) is 18.0 Å². The molecule has 1 amide bonds. The standard InChI is InChI=1S/C25H26ClNO5S/c1-25(2,3)17-6-4-16(5-7-17)14-27(19-10-11-33(30,31)15-19)24(29)23-13-21(28)20-12-18(26)8-9-22(20)32-23/h4-9,12-13,19H,10-11,14-15H2,1-3H3/t19-/m0/s1. The Morgan fingerprint density at radius 3 is 2.42 bits per heavy atom. The van der Waals surface area contributed by atoms with Crippen molar-refractivity contribution in [1.82, 2.24) is 4.90 Å². The Hall–Kier alpha value is -2.64. The van der Waals surface area contributed by atoms with Gasteiger partial charge in [-0.15, -0.1) is 0 Å². The van der Waals surface area contributed by atoms with Crippen LogP contribution in [0.1, 0.15) is 48.9 Å². The molecule has 0 unspecified atom stereocenters. The molecule has 0 N–H and O–H groups in total. The zero-order chi connectivity index (χ0) is 24.0. The smallest absolute Gasteiger partial charge is 0.290 e. The first-order chi connectivity index (χ1) is 15.4. The van der Waals surface area contributed by atoms with Gasteiger partial charge in [0.15, 0.2) is 21.0 Å². The quantitative estimate of drug-likeness (QED) is 0.538. The molecule has 1 aliphatic rings. The molecule has 1 atom stereocenters. The number of sulfone groups is 1. The molecule has 1 aromatic heterocycles. The van der Waals surface area contributed by atoms with Crippen LogP contribution >= 0.6 is 11.6 Å². The number of carbonyl (C=O) groups excluding carboxylic acids is 1. The Morgan fingerprint density at radius 1 is 1.12 bits per heavy atom. The van der Waals surface area contributed by atoms with E-state index < -0.39 is 21.8 Å². The van der Waals surface area contributed by atoms with Crippen molar-refractivity contribution >= 4 is 38.3 Å². The van der Waals surface area contributed by atoms with E-state index in [0.29, 0.717) is 11.4 Å². The molecule has 6 nitrogen and oxygen atoms in total. The first-order valence-corrected chi connectivity index (χ1v) is 13.0. The molecule has 4 rings (SSSR count). The highest BCUT2D eigenvalue weighted by Crippen LogP contribution is 2.26. The number of halogens is 1. The Kier molecular flexibility index (Phi) is 6.14. The predicted molar refractivity (Wildman–Crippen MR) is 130 cm³/mol. The van der Waals surface area contributed by atoms with Crippen molar-refractivity contribution in [1.29, 1.82) is 0 Å². The largest absolute Gasteiger partial charge is 0.451 e. The minimum absolute atomic E-state index is 0.00896. The van der Waals surface area contributed by atoms with Crippen LogP contribution < -0.4 is 5.43 Å². The topological polar surface area (TPSA) is 84.7 Å². The number of benzene rings is 2. The maximum atomic E-state index is 13.5. The van der Waals surface area contributed by atoms with E-state index in [1.807, 2.05) is 24.3 Å². The predicted octanol–water partition coefficient (Wildman–Crippen LogP) is 4.57. The second-order valence-electron chi connectivity index (χ2n) is 9.55. The summed E-state index contributed by atoms with van der Waals surface area (Å²) in [7, 11) is -3.22. The molecule has 0 spiro atoms. The van der Waals surface area contributed by atoms with Gasteiger partial charge in [-0.2, -0.15) is 0 Å². The lowest BCUT2D eigenvalue weighted by Gasteiger charge is -2.28. The zero-order valence-corrected chi connectivity index (χ0v) is 20.4. The van der Waals surface area contributed by atoms with Gasteiger partial charge in [0.2, 0.25) is 0 Å². The van der Waals surface area contributed by atoms with Crippen LogP contribution in [-0.2, 0) is 21.8 Å². The van der Waals surface area contributed by atoms with Gasteiger partial charge in [-0.1, -0.05) is 56.6 Å². The fourth-order valence-corrected chi connectivity index (χ4v) is 5.97. The van der Waals surface area contributed by atoms with Gasteiger partial charge in [0.05, 0.1) is 16.9 Å². The molecule has 0 aliphatic carbocycles. The van der Waals surface area contributed by atoms with Crippen LogP contribution in [0.25, 0.3) is 11.0 Å². The Bertz CT molecular complexity index is 1370. The lowest BCUT2D eigenvalue weighted by Crippen LogP contribution is -2.41. The van der Waals surface area contributed by atoms with E-state index in [-0.39, 0.29) is 45.6 Å². The molecule has 3 aromatic rings. The molecule has 2 heterocycles. The van der Waals surface area contributed by atoms with Gasteiger partial charge in [-0.3, -0.25) is 9.59 Å². The molecule has 1 saturated heterocycles. The van der Waals surface area contributed by atoms with E-state index in [0.717, 1.165) is 17.2 Å². The molecule has 0 bridgehead atoms. The fourth-order valence-electron chi connectivity index (χ4n) is 4.07. The molecule has 0 radical (unpaired) electrons. The summed E-state index contributed by atoms with van der Waals surface area (Å²) in [5.41, 5.74) is 1.90. The average molecular weight is 488 g/mol. The maximum absolute atomic E-state index is 13.5. The van der Waals surface area contributed by atoms with Gasteiger partial charge in [-0.25, -0.2) is 8.42 Å². The van der Waals surface area contributed by atoms with Crippen molar-refractivity contribution in [2.45, 2.75) is 45.2 Å². The van der Waals surface area contributed by atoms with Crippen molar-refractivity contribution in [3.8, 4) is 0 Å². The van der Waals surface area contributed by atoms with Crippen molar-refractivity contribution < 1.29 is 17.6 Å². The normalized spacial score (nSPS) is 17.9. The highest BCUT2D eigenvalue weighted by atomic mass is 35.5. The summed E-state index contributed by atoms with van der Waals surface area (Å²) in [5, 5.41) is 0.678. The lowest BCUT2D eigenvalue weighted by molar-refractivity contribution is 0.0648. The molecule has 174 valence electrons. The molecule has 2 aromatic carbocycles. The molecule has 1 aliphatic heterocycles. The van der Waals surface area contributed by atoms with Gasteiger partial charge in [0.25, 0.3) is 5.91 Å². The summed E-state index contributed by atoms with van der Waals surface area (Å²) in [5.74, 6) is -0.701. The number of rotatable bonds is 4. The first-order valence-electron chi connectivity index (χ1n) is 10.8. The van der Waals surface area contributed by atoms with Crippen molar-refractivity contribution in [2.24, 2.45) is 0 Å². The monoisotopic (exact) mass is 487 g/mol. The third-order valence-electron chi connectivity index (χ3n) is 5.98. The summed E-state index contributed by atoms with van der Waals surface area (Å²) < 4.78 is 30.1. The summed E-state index contributed by atoms with van der Waals surface area (Å²) in [6.45, 7) is 6.58. The number of hydrogen-bond donors (Lipinski definition) is 0. The minimum Gasteiger partial charge on any atom is -0.451 e. The highest BCUT2D eigenvalue weighted by Gasteiger charge is 2.36. The van der Waals surface area contributed by atoms with Crippen LogP contribution in [0, 0.1) is 0 Å². The lowest BCUT2D eigenvalue weighted by atomic mass is 9.86. The molecule has 1 fully saturated rings. The van der Waals surface area contributed by atoms with Crippen molar-refractivity contribution in [2.75, 3.05) is 11.5 Å². The maximum Gasteiger partial charge on any atom is 0.290 e. The third kappa shape index (κ3) is 5.14. The van der Waals surface area contributed by atoms with Crippen LogP contribution in [0.3, 0.4) is 0 Å². The van der Waals surface area contributed by atoms with Gasteiger partial charge in [0, 0.05) is 23.7 Å². The number of nitrogens with zero attached hydrogens (tertiary/aromatic N) is 1. The molecular formula is C25H26ClNO5S. The van der Waals surface area contributed by atoms with E-state index in [1.54, 1.807) is 12.1 Å². The molecular weight excluding hydrogens is 462 g/mol. The van der Waals surface area contributed by atoms with Crippen LogP contribution in [0.4, 0.5) is 0 Å². The van der Waals surface area contributed by atoms with Gasteiger partial charge in [-0.05, 0) is 41.2 Å². The van der Waals surface area contributed by atoms with Crippen LogP contribution in [-0.4, -0.2) is 36.8 Å². The minimum atomic E-state index is -3.22. The SMILES string of the molecule is CC(C)(C)c1ccc(CN(C(=O)c2cc(=O)c3cc(Cl)ccc3o2)[C@H]2CCS(=O)(=O)C2)cc1. The van der Waals surface area contributed by atoms with Crippen molar-refractivity contribution in [3.05, 3.63) is 80.7 Å². The van der Waals surface area contributed by atoms with E-state index in [1.165, 1.54) is 11.0 Å². The molecule has 8 heteroatoms. The summed E-state index contributed by atoms with van der Waals surface area (Å²) >= 11 is 5.97. The third-order valence-corrected chi connectivity index (χ3v) is 7.97. The first kappa shape index (κ1) is 23.5. The van der Waals surface area contributed by atoms with E-state index in [2.05, 4.69) is 20.8 Å². The molecule has 33 heavy (non-hydrogen) atoms. The van der Waals surface area contributed by atoms with E-state index in [4.69, 9.17) is 16.0 Å². The van der Waals surface area contributed by atoms with Gasteiger partial charge < -0.3 is 9.32 Å². The van der Waals surface area contributed by atoms with Crippen LogP contribution in [0.5, 0.6) is 0 Å². The van der Waals surface area contributed by atoms with Gasteiger partial charge in [0.1, 0.15) is 5.58 Å². The average Bonchev–Trinajstić information content (AvgIpc) is 3.11. The summed E-state index contributed by atoms with van der Waals surface area (Å²) in [6.07, 6.45) is 0.349.